The molecule has 0 heterocycles. The molecule has 0 aliphatic rings. The summed E-state index contributed by atoms with van der Waals surface area (Å²) in [6, 6.07) is 12.9. The summed E-state index contributed by atoms with van der Waals surface area (Å²) in [5.74, 6) is 0. The number of rotatable bonds is 2. The van der Waals surface area contributed by atoms with Crippen LogP contribution in [0.3, 0.4) is 0 Å². The molecule has 0 spiro atoms. The van der Waals surface area contributed by atoms with E-state index in [-0.39, 0.29) is 51.0 Å². The molecule has 0 saturated carbocycles. The van der Waals surface area contributed by atoms with E-state index in [9.17, 15) is 0 Å². The van der Waals surface area contributed by atoms with Crippen LogP contribution >= 0.6 is 0 Å². The van der Waals surface area contributed by atoms with Gasteiger partial charge in [0.2, 0.25) is 0 Å². The van der Waals surface area contributed by atoms with Crippen LogP contribution in [-0.2, 0) is 39.0 Å². The van der Waals surface area contributed by atoms with Gasteiger partial charge in [-0.1, -0.05) is 53.6 Å². The molecule has 0 N–H and O–H groups in total. The number of hydrogen-bond donors (Lipinski definition) is 0. The predicted octanol–water partition coefficient (Wildman–Crippen LogP) is -0.923. The van der Waals surface area contributed by atoms with Gasteiger partial charge in [-0.25, -0.2) is 24.3 Å². The van der Waals surface area contributed by atoms with Crippen LogP contribution in [-0.4, -0.2) is 9.52 Å². The molecule has 2 aromatic carbocycles. The van der Waals surface area contributed by atoms with E-state index in [4.69, 9.17) is 0 Å². The van der Waals surface area contributed by atoms with Crippen molar-refractivity contribution in [1.82, 2.24) is 0 Å². The molecule has 0 fully saturated rings. The van der Waals surface area contributed by atoms with Gasteiger partial charge >= 0.3 is 26.2 Å². The van der Waals surface area contributed by atoms with Crippen LogP contribution in [0.1, 0.15) is 36.1 Å². The van der Waals surface area contributed by atoms with Crippen LogP contribution in [0.25, 0.3) is 0 Å². The second-order valence-corrected chi connectivity index (χ2v) is 5.91. The molecule has 0 aliphatic heterocycles. The topological polar surface area (TPSA) is 0 Å². The summed E-state index contributed by atoms with van der Waals surface area (Å²) in [5, 5.41) is 0. The zero-order valence-corrected chi connectivity index (χ0v) is 19.8. The largest absolute Gasteiger partial charge is 4.00 e. The number of aryl methyl sites for hydroxylation is 4. The molecule has 4 heteroatoms. The van der Waals surface area contributed by atoms with E-state index in [2.05, 4.69) is 77.2 Å². The smallest absolute Gasteiger partial charge is 1.00 e. The van der Waals surface area contributed by atoms with Crippen molar-refractivity contribution in [3.63, 3.8) is 0 Å². The van der Waals surface area contributed by atoms with Gasteiger partial charge in [-0.3, -0.25) is 0 Å². The van der Waals surface area contributed by atoms with Crippen LogP contribution in [0.15, 0.2) is 36.4 Å². The Hall–Kier alpha value is 0.380. The Balaban J connectivity index is -0.000000112. The summed E-state index contributed by atoms with van der Waals surface area (Å²) in [6.07, 6.45) is 2.33. The molecule has 0 bridgehead atoms. The molecule has 0 aromatic heterocycles. The van der Waals surface area contributed by atoms with Gasteiger partial charge in [0.05, 0.1) is 0 Å². The van der Waals surface area contributed by atoms with Gasteiger partial charge in [-0.05, 0) is 0 Å². The fourth-order valence-electron chi connectivity index (χ4n) is 1.89. The van der Waals surface area contributed by atoms with E-state index in [1.165, 1.54) is 35.1 Å². The minimum absolute atomic E-state index is 0. The monoisotopic (exact) mass is 433 g/mol. The summed E-state index contributed by atoms with van der Waals surface area (Å²) in [4.78, 5) is 0. The molecule has 2 rings (SSSR count). The van der Waals surface area contributed by atoms with E-state index in [0.29, 0.717) is 0 Å². The standard InChI is InChI=1S/2C8H11.C2H7Si.2ClH.Zr/c2*1-3-8-6-4-5-7(8)2;1-3-2;;;/h2*4-6H,3H2,1-2H3;3H,1-2H3;2*1H;/q2*-1;;;;+4/p-2. The van der Waals surface area contributed by atoms with Gasteiger partial charge < -0.3 is 24.8 Å². The third kappa shape index (κ3) is 12.9. The maximum atomic E-state index is 2.21. The van der Waals surface area contributed by atoms with Crippen LogP contribution in [0.4, 0.5) is 0 Å². The minimum atomic E-state index is 0. The molecular formula is C18H29Cl2SiZr. The second-order valence-electron chi connectivity index (χ2n) is 4.75. The molecule has 0 saturated heterocycles. The first-order chi connectivity index (χ1) is 9.10. The van der Waals surface area contributed by atoms with Crippen molar-refractivity contribution in [3.05, 3.63) is 58.7 Å². The summed E-state index contributed by atoms with van der Waals surface area (Å²) in [6.45, 7) is 13.1. The predicted molar refractivity (Wildman–Crippen MR) is 91.2 cm³/mol. The van der Waals surface area contributed by atoms with Crippen LogP contribution in [0.5, 0.6) is 0 Å². The minimum Gasteiger partial charge on any atom is -1.00 e. The first-order valence-electron chi connectivity index (χ1n) is 7.26. The Morgan fingerprint density at radius 1 is 0.818 bits per heavy atom. The maximum Gasteiger partial charge on any atom is 4.00 e. The normalized spacial score (nSPS) is 7.91. The van der Waals surface area contributed by atoms with E-state index >= 15 is 0 Å². The van der Waals surface area contributed by atoms with Gasteiger partial charge in [0.15, 0.2) is 0 Å². The molecule has 0 amide bonds. The first kappa shape index (κ1) is 30.3. The summed E-state index contributed by atoms with van der Waals surface area (Å²) in [5.41, 5.74) is 5.80. The van der Waals surface area contributed by atoms with Gasteiger partial charge in [0.1, 0.15) is 0 Å². The van der Waals surface area contributed by atoms with Crippen molar-refractivity contribution in [1.29, 1.82) is 0 Å². The Morgan fingerprint density at radius 2 is 1.09 bits per heavy atom. The van der Waals surface area contributed by atoms with Gasteiger partial charge in [-0.2, -0.15) is 34.4 Å². The number of halogens is 2. The van der Waals surface area contributed by atoms with E-state index < -0.39 is 0 Å². The zero-order chi connectivity index (χ0) is 14.7. The van der Waals surface area contributed by atoms with E-state index in [1.54, 1.807) is 0 Å². The van der Waals surface area contributed by atoms with Gasteiger partial charge in [-0.15, -0.1) is 0 Å². The third-order valence-electron chi connectivity index (χ3n) is 3.06. The molecule has 22 heavy (non-hydrogen) atoms. The van der Waals surface area contributed by atoms with E-state index in [1.807, 2.05) is 0 Å². The van der Waals surface area contributed by atoms with Crippen molar-refractivity contribution < 1.29 is 51.0 Å². The van der Waals surface area contributed by atoms with Crippen molar-refractivity contribution in [3.8, 4) is 0 Å². The summed E-state index contributed by atoms with van der Waals surface area (Å²) >= 11 is 0. The maximum absolute atomic E-state index is 2.21. The van der Waals surface area contributed by atoms with Crippen LogP contribution in [0, 0.1) is 13.8 Å². The quantitative estimate of drug-likeness (QED) is 0.423. The molecular weight excluding hydrogens is 406 g/mol. The molecule has 123 valence electrons. The van der Waals surface area contributed by atoms with Crippen LogP contribution < -0.4 is 24.8 Å². The average Bonchev–Trinajstić information content (AvgIpc) is 2.99. The van der Waals surface area contributed by atoms with E-state index in [0.717, 1.165) is 9.52 Å². The Labute approximate surface area is 172 Å². The second kappa shape index (κ2) is 19.4. The molecule has 0 nitrogen and oxygen atoms in total. The molecule has 0 aliphatic carbocycles. The number of hydrogen-bond acceptors (Lipinski definition) is 0. The first-order valence-corrected chi connectivity index (χ1v) is 9.57. The fourth-order valence-corrected chi connectivity index (χ4v) is 1.89. The van der Waals surface area contributed by atoms with Gasteiger partial charge in [0, 0.05) is 9.52 Å². The van der Waals surface area contributed by atoms with Crippen molar-refractivity contribution >= 4 is 9.52 Å². The van der Waals surface area contributed by atoms with Crippen molar-refractivity contribution in [2.24, 2.45) is 0 Å². The Bertz CT molecular complexity index is 395. The van der Waals surface area contributed by atoms with Crippen molar-refractivity contribution in [2.75, 3.05) is 0 Å². The summed E-state index contributed by atoms with van der Waals surface area (Å²) < 4.78 is 0. The van der Waals surface area contributed by atoms with Crippen molar-refractivity contribution in [2.45, 2.75) is 53.6 Å². The molecule has 1 radical (unpaired) electrons. The third-order valence-corrected chi connectivity index (χ3v) is 3.06. The molecule has 0 atom stereocenters. The van der Waals surface area contributed by atoms with Crippen LogP contribution in [0.2, 0.25) is 13.1 Å². The average molecular weight is 436 g/mol. The Kier molecular flexibility index (Phi) is 26.7. The summed E-state index contributed by atoms with van der Waals surface area (Å²) in [7, 11) is 0.750. The SMILES string of the molecule is CC[c-]1cccc1C.CC[c-]1cccc1C.C[SiH]C.[Cl-].[Cl-].[Zr+4]. The Morgan fingerprint density at radius 3 is 1.18 bits per heavy atom. The zero-order valence-electron chi connectivity index (χ0n) is 14.7. The molecule has 2 aromatic rings. The van der Waals surface area contributed by atoms with Gasteiger partial charge in [0.25, 0.3) is 0 Å². The molecule has 0 unspecified atom stereocenters. The fraction of sp³-hybridized carbons (Fsp3) is 0.444.